The van der Waals surface area contributed by atoms with Crippen LogP contribution < -0.4 is 4.90 Å². The maximum atomic E-state index is 13.3. The quantitative estimate of drug-likeness (QED) is 0.678. The first-order valence-corrected chi connectivity index (χ1v) is 13.6. The van der Waals surface area contributed by atoms with Crippen LogP contribution in [-0.2, 0) is 24.2 Å². The number of aliphatic hydroxyl groups is 1. The van der Waals surface area contributed by atoms with E-state index in [0.717, 1.165) is 68.9 Å². The molecule has 2 aromatic carbocycles. The van der Waals surface area contributed by atoms with Gasteiger partial charge in [0, 0.05) is 75.6 Å². The van der Waals surface area contributed by atoms with Crippen LogP contribution in [0.3, 0.4) is 0 Å². The maximum absolute atomic E-state index is 13.3. The Hall–Kier alpha value is -2.90. The largest absolute Gasteiger partial charge is 0.390 e. The Kier molecular flexibility index (Phi) is 7.28. The lowest BCUT2D eigenvalue weighted by Gasteiger charge is -2.39. The number of amides is 2. The molecule has 3 aliphatic rings. The molecule has 1 fully saturated rings. The third-order valence-electron chi connectivity index (χ3n) is 7.94. The summed E-state index contributed by atoms with van der Waals surface area (Å²) in [5.41, 5.74) is 5.32. The van der Waals surface area contributed by atoms with Crippen molar-refractivity contribution in [2.75, 3.05) is 57.3 Å². The molecule has 0 aromatic heterocycles. The van der Waals surface area contributed by atoms with Gasteiger partial charge in [0.05, 0.1) is 6.10 Å². The van der Waals surface area contributed by atoms with Gasteiger partial charge in [0.15, 0.2) is 0 Å². The minimum atomic E-state index is -0.567. The number of benzene rings is 2. The topological polar surface area (TPSA) is 67.3 Å². The minimum absolute atomic E-state index is 0.0106. The number of aliphatic hydroxyl groups excluding tert-OH is 1. The summed E-state index contributed by atoms with van der Waals surface area (Å²) < 4.78 is 0. The zero-order valence-electron chi connectivity index (χ0n) is 22.4. The predicted molar refractivity (Wildman–Crippen MR) is 146 cm³/mol. The standard InChI is InChI=1S/C30H40N4O3/c1-30(2,3)29(37)33-16-14-32(15-17-33)25-8-9-27-23(18-25)11-13-34(28(27)36)21-26(35)20-31-12-10-22-6-4-5-7-24(22)19-31/h4-9,18,26,35H,10-17,19-21H2,1-3H3/t26-/m1/s1. The lowest BCUT2D eigenvalue weighted by atomic mass is 9.94. The first-order valence-electron chi connectivity index (χ1n) is 13.6. The highest BCUT2D eigenvalue weighted by Gasteiger charge is 2.31. The van der Waals surface area contributed by atoms with E-state index >= 15 is 0 Å². The second kappa shape index (κ2) is 10.5. The summed E-state index contributed by atoms with van der Waals surface area (Å²) in [6, 6.07) is 14.6. The second-order valence-corrected chi connectivity index (χ2v) is 11.8. The van der Waals surface area contributed by atoms with Crippen LogP contribution in [0.25, 0.3) is 0 Å². The Morgan fingerprint density at radius 3 is 2.32 bits per heavy atom. The molecule has 0 aliphatic carbocycles. The number of carbonyl (C=O) groups excluding carboxylic acids is 2. The maximum Gasteiger partial charge on any atom is 0.254 e. The van der Waals surface area contributed by atoms with E-state index in [0.29, 0.717) is 19.6 Å². The normalized spacial score (nSPS) is 19.5. The van der Waals surface area contributed by atoms with Crippen LogP contribution in [0.15, 0.2) is 42.5 Å². The Bertz CT molecular complexity index is 1150. The number of anilines is 1. The van der Waals surface area contributed by atoms with Crippen LogP contribution in [0.2, 0.25) is 0 Å². The van der Waals surface area contributed by atoms with E-state index in [9.17, 15) is 14.7 Å². The van der Waals surface area contributed by atoms with Crippen molar-refractivity contribution in [3.63, 3.8) is 0 Å². The van der Waals surface area contributed by atoms with Gasteiger partial charge in [0.25, 0.3) is 5.91 Å². The fourth-order valence-corrected chi connectivity index (χ4v) is 5.86. The molecule has 0 radical (unpaired) electrons. The Morgan fingerprint density at radius 1 is 0.892 bits per heavy atom. The number of piperazine rings is 1. The van der Waals surface area contributed by atoms with Crippen molar-refractivity contribution in [1.82, 2.24) is 14.7 Å². The highest BCUT2D eigenvalue weighted by molar-refractivity contribution is 5.97. The van der Waals surface area contributed by atoms with Crippen LogP contribution in [0.4, 0.5) is 5.69 Å². The third-order valence-corrected chi connectivity index (χ3v) is 7.94. The molecule has 2 aromatic rings. The molecule has 0 saturated carbocycles. The highest BCUT2D eigenvalue weighted by atomic mass is 16.3. The van der Waals surface area contributed by atoms with Gasteiger partial charge in [0.1, 0.15) is 0 Å². The van der Waals surface area contributed by atoms with Gasteiger partial charge in [-0.1, -0.05) is 45.0 Å². The number of nitrogens with zero attached hydrogens (tertiary/aromatic N) is 4. The zero-order valence-corrected chi connectivity index (χ0v) is 22.4. The molecule has 7 heteroatoms. The van der Waals surface area contributed by atoms with Gasteiger partial charge in [-0.25, -0.2) is 0 Å². The van der Waals surface area contributed by atoms with Crippen LogP contribution in [0.1, 0.15) is 47.8 Å². The zero-order chi connectivity index (χ0) is 26.2. The molecule has 2 amide bonds. The molecule has 1 atom stereocenters. The van der Waals surface area contributed by atoms with Gasteiger partial charge in [-0.15, -0.1) is 0 Å². The van der Waals surface area contributed by atoms with Crippen LogP contribution in [-0.4, -0.2) is 90.1 Å². The molecule has 0 bridgehead atoms. The van der Waals surface area contributed by atoms with Crippen LogP contribution in [0.5, 0.6) is 0 Å². The number of β-amino-alcohol motifs (C(OH)–C–C–N with tert-alkyl or cyclic N) is 1. The highest BCUT2D eigenvalue weighted by Crippen LogP contribution is 2.27. The van der Waals surface area contributed by atoms with E-state index in [-0.39, 0.29) is 17.2 Å². The molecule has 1 saturated heterocycles. The summed E-state index contributed by atoms with van der Waals surface area (Å²) in [5, 5.41) is 10.8. The van der Waals surface area contributed by atoms with Crippen molar-refractivity contribution >= 4 is 17.5 Å². The molecule has 5 rings (SSSR count). The van der Waals surface area contributed by atoms with Crippen LogP contribution in [0, 0.1) is 5.41 Å². The average molecular weight is 505 g/mol. The van der Waals surface area contributed by atoms with Gasteiger partial charge in [-0.05, 0) is 47.7 Å². The summed E-state index contributed by atoms with van der Waals surface area (Å²) in [7, 11) is 0. The second-order valence-electron chi connectivity index (χ2n) is 11.8. The summed E-state index contributed by atoms with van der Waals surface area (Å²) >= 11 is 0. The first-order chi connectivity index (χ1) is 17.7. The third kappa shape index (κ3) is 5.68. The Labute approximate surface area is 220 Å². The van der Waals surface area contributed by atoms with E-state index in [2.05, 4.69) is 40.1 Å². The number of hydrogen-bond donors (Lipinski definition) is 1. The number of hydrogen-bond acceptors (Lipinski definition) is 5. The Morgan fingerprint density at radius 2 is 1.59 bits per heavy atom. The summed E-state index contributed by atoms with van der Waals surface area (Å²) in [5.74, 6) is 0.215. The van der Waals surface area contributed by atoms with E-state index in [1.165, 1.54) is 11.1 Å². The molecular formula is C30H40N4O3. The minimum Gasteiger partial charge on any atom is -0.390 e. The van der Waals surface area contributed by atoms with Gasteiger partial charge < -0.3 is 19.8 Å². The molecule has 37 heavy (non-hydrogen) atoms. The van der Waals surface area contributed by atoms with Crippen LogP contribution >= 0.6 is 0 Å². The molecule has 0 unspecified atom stereocenters. The molecule has 198 valence electrons. The Balaban J connectivity index is 1.16. The van der Waals surface area contributed by atoms with Crippen molar-refractivity contribution in [2.45, 2.75) is 46.3 Å². The molecule has 3 aliphatic heterocycles. The number of carbonyl (C=O) groups is 2. The fraction of sp³-hybridized carbons (Fsp3) is 0.533. The van der Waals surface area contributed by atoms with Crippen molar-refractivity contribution in [3.05, 3.63) is 64.7 Å². The average Bonchev–Trinajstić information content (AvgIpc) is 2.89. The van der Waals surface area contributed by atoms with Gasteiger partial charge in [-0.3, -0.25) is 14.5 Å². The van der Waals surface area contributed by atoms with E-state index in [1.807, 2.05) is 37.8 Å². The lowest BCUT2D eigenvalue weighted by molar-refractivity contribution is -0.139. The number of fused-ring (bicyclic) bond motifs is 2. The van der Waals surface area contributed by atoms with Gasteiger partial charge in [-0.2, -0.15) is 0 Å². The first kappa shape index (κ1) is 25.7. The lowest BCUT2D eigenvalue weighted by Crippen LogP contribution is -2.51. The van der Waals surface area contributed by atoms with E-state index in [4.69, 9.17) is 0 Å². The summed E-state index contributed by atoms with van der Waals surface area (Å²) in [6.07, 6.45) is 1.23. The summed E-state index contributed by atoms with van der Waals surface area (Å²) in [6.45, 7) is 12.3. The van der Waals surface area contributed by atoms with Gasteiger partial charge >= 0.3 is 0 Å². The van der Waals surface area contributed by atoms with Crippen molar-refractivity contribution in [1.29, 1.82) is 0 Å². The molecule has 0 spiro atoms. The monoisotopic (exact) mass is 504 g/mol. The predicted octanol–water partition coefficient (Wildman–Crippen LogP) is 2.80. The summed E-state index contributed by atoms with van der Waals surface area (Å²) in [4.78, 5) is 34.2. The van der Waals surface area contributed by atoms with Gasteiger partial charge in [0.2, 0.25) is 5.91 Å². The van der Waals surface area contributed by atoms with E-state index < -0.39 is 6.10 Å². The molecule has 3 heterocycles. The SMILES string of the molecule is CC(C)(C)C(=O)N1CCN(c2ccc3c(c2)CCN(C[C@H](O)CN2CCc4ccccc4C2)C3=O)CC1. The smallest absolute Gasteiger partial charge is 0.254 e. The molecule has 1 N–H and O–H groups in total. The van der Waals surface area contributed by atoms with Crippen molar-refractivity contribution in [3.8, 4) is 0 Å². The van der Waals surface area contributed by atoms with Crippen molar-refractivity contribution in [2.24, 2.45) is 5.41 Å². The van der Waals surface area contributed by atoms with Crippen molar-refractivity contribution < 1.29 is 14.7 Å². The van der Waals surface area contributed by atoms with E-state index in [1.54, 1.807) is 4.90 Å². The number of rotatable bonds is 5. The fourth-order valence-electron chi connectivity index (χ4n) is 5.86. The molecule has 7 nitrogen and oxygen atoms in total. The molecular weight excluding hydrogens is 464 g/mol.